The molecule has 1 saturated heterocycles. The van der Waals surface area contributed by atoms with Crippen LogP contribution in [0.2, 0.25) is 0 Å². The highest BCUT2D eigenvalue weighted by atomic mass is 127. The third-order valence-electron chi connectivity index (χ3n) is 4.44. The summed E-state index contributed by atoms with van der Waals surface area (Å²) in [6.07, 6.45) is 3.78. The number of likely N-dealkylation sites (N-methyl/N-ethyl adjacent to an activating group) is 1. The molecule has 0 saturated carbocycles. The second kappa shape index (κ2) is 15.2. The molecule has 0 aromatic heterocycles. The molecule has 0 aromatic carbocycles. The first kappa shape index (κ1) is 23.9. The highest BCUT2D eigenvalue weighted by Gasteiger charge is 2.14. The van der Waals surface area contributed by atoms with Crippen LogP contribution in [0.25, 0.3) is 0 Å². The number of guanidine groups is 1. The largest absolute Gasteiger partial charge is 0.357 e. The van der Waals surface area contributed by atoms with E-state index >= 15 is 0 Å². The van der Waals surface area contributed by atoms with Gasteiger partial charge in [0.15, 0.2) is 5.96 Å². The van der Waals surface area contributed by atoms with Gasteiger partial charge in [-0.3, -0.25) is 9.89 Å². The Hall–Kier alpha value is -0.0800. The molecule has 144 valence electrons. The minimum absolute atomic E-state index is 0. The monoisotopic (exact) mass is 453 g/mol. The first-order valence-electron chi connectivity index (χ1n) is 9.62. The van der Waals surface area contributed by atoms with Crippen LogP contribution >= 0.6 is 24.0 Å². The van der Waals surface area contributed by atoms with Crippen LogP contribution in [-0.2, 0) is 0 Å². The van der Waals surface area contributed by atoms with Crippen molar-refractivity contribution in [3.8, 4) is 0 Å². The predicted octanol–water partition coefficient (Wildman–Crippen LogP) is 2.62. The number of halogens is 1. The summed E-state index contributed by atoms with van der Waals surface area (Å²) in [4.78, 5) is 9.75. The topological polar surface area (TPSA) is 42.9 Å². The maximum atomic E-state index is 4.69. The Morgan fingerprint density at radius 2 is 1.67 bits per heavy atom. The Labute approximate surface area is 167 Å². The molecule has 2 N–H and O–H groups in total. The van der Waals surface area contributed by atoms with Gasteiger partial charge < -0.3 is 15.5 Å². The number of hydrogen-bond acceptors (Lipinski definition) is 3. The van der Waals surface area contributed by atoms with Gasteiger partial charge in [-0.2, -0.15) is 0 Å². The second-order valence-electron chi connectivity index (χ2n) is 6.85. The van der Waals surface area contributed by atoms with Crippen molar-refractivity contribution in [1.82, 2.24) is 20.4 Å². The standard InChI is InChI=1S/C18H39N5.HI/c1-5-19-18(20-10-8-7-9-17(3)4)21-11-12-23-15-13-22(6-2)14-16-23;/h17H,5-16H2,1-4H3,(H2,19,20,21);1H. The molecule has 1 aliphatic rings. The van der Waals surface area contributed by atoms with Crippen LogP contribution in [0.15, 0.2) is 4.99 Å². The summed E-state index contributed by atoms with van der Waals surface area (Å²) in [5.74, 6) is 1.78. The minimum atomic E-state index is 0. The number of nitrogens with zero attached hydrogens (tertiary/aromatic N) is 3. The van der Waals surface area contributed by atoms with E-state index in [-0.39, 0.29) is 24.0 Å². The van der Waals surface area contributed by atoms with E-state index in [4.69, 9.17) is 0 Å². The smallest absolute Gasteiger partial charge is 0.191 e. The fourth-order valence-corrected chi connectivity index (χ4v) is 2.86. The lowest BCUT2D eigenvalue weighted by Gasteiger charge is -2.34. The van der Waals surface area contributed by atoms with Crippen molar-refractivity contribution in [2.24, 2.45) is 10.9 Å². The van der Waals surface area contributed by atoms with Crippen molar-refractivity contribution < 1.29 is 0 Å². The summed E-state index contributed by atoms with van der Waals surface area (Å²) in [5.41, 5.74) is 0. The van der Waals surface area contributed by atoms with Crippen molar-refractivity contribution in [3.63, 3.8) is 0 Å². The number of hydrogen-bond donors (Lipinski definition) is 2. The van der Waals surface area contributed by atoms with Crippen molar-refractivity contribution in [2.45, 2.75) is 47.0 Å². The molecule has 0 aliphatic carbocycles. The Bertz CT molecular complexity index is 315. The van der Waals surface area contributed by atoms with Crippen molar-refractivity contribution >= 4 is 29.9 Å². The molecule has 0 spiro atoms. The molecule has 0 atom stereocenters. The zero-order valence-electron chi connectivity index (χ0n) is 16.3. The van der Waals surface area contributed by atoms with Crippen molar-refractivity contribution in [3.05, 3.63) is 0 Å². The maximum absolute atomic E-state index is 4.69. The van der Waals surface area contributed by atoms with Crippen molar-refractivity contribution in [2.75, 3.05) is 58.9 Å². The van der Waals surface area contributed by atoms with Gasteiger partial charge in [-0.25, -0.2) is 0 Å². The van der Waals surface area contributed by atoms with Crippen LogP contribution in [0, 0.1) is 5.92 Å². The Balaban J connectivity index is 0.00000529. The molecule has 1 aliphatic heterocycles. The summed E-state index contributed by atoms with van der Waals surface area (Å²) >= 11 is 0. The van der Waals surface area contributed by atoms with Crippen LogP contribution in [0.5, 0.6) is 0 Å². The molecular formula is C18H40IN5. The van der Waals surface area contributed by atoms with Crippen LogP contribution in [0.4, 0.5) is 0 Å². The van der Waals surface area contributed by atoms with Gasteiger partial charge in [-0.05, 0) is 25.8 Å². The normalized spacial score (nSPS) is 17.0. The Morgan fingerprint density at radius 3 is 2.25 bits per heavy atom. The molecular weight excluding hydrogens is 413 g/mol. The summed E-state index contributed by atoms with van der Waals surface area (Å²) < 4.78 is 0. The number of rotatable bonds is 10. The predicted molar refractivity (Wildman–Crippen MR) is 117 cm³/mol. The van der Waals surface area contributed by atoms with Gasteiger partial charge in [0.25, 0.3) is 0 Å². The summed E-state index contributed by atoms with van der Waals surface area (Å²) in [7, 11) is 0. The van der Waals surface area contributed by atoms with E-state index in [1.54, 1.807) is 0 Å². The second-order valence-corrected chi connectivity index (χ2v) is 6.85. The first-order valence-corrected chi connectivity index (χ1v) is 9.62. The van der Waals surface area contributed by atoms with E-state index < -0.39 is 0 Å². The van der Waals surface area contributed by atoms with E-state index in [1.807, 2.05) is 0 Å². The van der Waals surface area contributed by atoms with Gasteiger partial charge in [0.1, 0.15) is 0 Å². The van der Waals surface area contributed by atoms with Crippen molar-refractivity contribution in [1.29, 1.82) is 0 Å². The van der Waals surface area contributed by atoms with Crippen LogP contribution in [0.1, 0.15) is 47.0 Å². The average Bonchev–Trinajstić information content (AvgIpc) is 2.55. The first-order chi connectivity index (χ1) is 11.2. The molecule has 0 radical (unpaired) electrons. The van der Waals surface area contributed by atoms with E-state index in [0.29, 0.717) is 0 Å². The van der Waals surface area contributed by atoms with Gasteiger partial charge in [0.05, 0.1) is 0 Å². The van der Waals surface area contributed by atoms with Gasteiger partial charge in [0.2, 0.25) is 0 Å². The van der Waals surface area contributed by atoms with Crippen LogP contribution in [0.3, 0.4) is 0 Å². The number of piperazine rings is 1. The van der Waals surface area contributed by atoms with E-state index in [1.165, 1.54) is 52.0 Å². The molecule has 0 bridgehead atoms. The van der Waals surface area contributed by atoms with E-state index in [9.17, 15) is 0 Å². The molecule has 1 heterocycles. The van der Waals surface area contributed by atoms with E-state index in [0.717, 1.165) is 38.1 Å². The molecule has 5 nitrogen and oxygen atoms in total. The molecule has 6 heteroatoms. The van der Waals surface area contributed by atoms with Crippen LogP contribution < -0.4 is 10.6 Å². The number of nitrogens with one attached hydrogen (secondary N) is 2. The van der Waals surface area contributed by atoms with Crippen LogP contribution in [-0.4, -0.2) is 74.7 Å². The lowest BCUT2D eigenvalue weighted by molar-refractivity contribution is 0.139. The van der Waals surface area contributed by atoms with E-state index in [2.05, 4.69) is 53.1 Å². The summed E-state index contributed by atoms with van der Waals surface area (Å²) in [5, 5.41) is 6.82. The van der Waals surface area contributed by atoms with Gasteiger partial charge in [0, 0.05) is 52.4 Å². The fourth-order valence-electron chi connectivity index (χ4n) is 2.86. The lowest BCUT2D eigenvalue weighted by atomic mass is 10.1. The van der Waals surface area contributed by atoms with Gasteiger partial charge in [-0.15, -0.1) is 24.0 Å². The Kier molecular flexibility index (Phi) is 15.1. The SMILES string of the molecule is CCNC(=NCCCCC(C)C)NCCN1CCN(CC)CC1.I. The third kappa shape index (κ3) is 11.5. The third-order valence-corrected chi connectivity index (χ3v) is 4.44. The molecule has 1 rings (SSSR count). The number of unbranched alkanes of at least 4 members (excludes halogenated alkanes) is 1. The van der Waals surface area contributed by atoms with Gasteiger partial charge >= 0.3 is 0 Å². The molecule has 0 aromatic rings. The Morgan fingerprint density at radius 1 is 1.00 bits per heavy atom. The average molecular weight is 453 g/mol. The quantitative estimate of drug-likeness (QED) is 0.231. The maximum Gasteiger partial charge on any atom is 0.191 e. The minimum Gasteiger partial charge on any atom is -0.357 e. The summed E-state index contributed by atoms with van der Waals surface area (Å²) in [6.45, 7) is 18.9. The highest BCUT2D eigenvalue weighted by Crippen LogP contribution is 2.05. The zero-order chi connectivity index (χ0) is 16.9. The molecule has 1 fully saturated rings. The highest BCUT2D eigenvalue weighted by molar-refractivity contribution is 14.0. The molecule has 24 heavy (non-hydrogen) atoms. The van der Waals surface area contributed by atoms with Gasteiger partial charge in [-0.1, -0.05) is 33.6 Å². The molecule has 0 amide bonds. The zero-order valence-corrected chi connectivity index (χ0v) is 18.6. The molecule has 0 unspecified atom stereocenters. The lowest BCUT2D eigenvalue weighted by Crippen LogP contribution is -2.49. The fraction of sp³-hybridized carbons (Fsp3) is 0.944. The number of aliphatic imine (C=N–C) groups is 1. The summed E-state index contributed by atoms with van der Waals surface area (Å²) in [6, 6.07) is 0.